The van der Waals surface area contributed by atoms with Gasteiger partial charge in [-0.25, -0.2) is 9.07 Å². The zero-order valence-corrected chi connectivity index (χ0v) is 18.4. The number of hydrogen-bond donors (Lipinski definition) is 1. The van der Waals surface area contributed by atoms with Crippen molar-refractivity contribution < 1.29 is 9.18 Å². The van der Waals surface area contributed by atoms with E-state index in [1.165, 1.54) is 12.1 Å². The number of aryl methyl sites for hydroxylation is 1. The second-order valence-corrected chi connectivity index (χ2v) is 7.94. The first kappa shape index (κ1) is 22.3. The lowest BCUT2D eigenvalue weighted by molar-refractivity contribution is -0.121. The number of amides is 1. The molecule has 4 rings (SSSR count). The zero-order chi connectivity index (χ0) is 23.2. The van der Waals surface area contributed by atoms with Crippen molar-refractivity contribution in [1.29, 1.82) is 5.26 Å². The SMILES string of the molecule is N#Cc1ccc(-n2nc(CCC(=O)NCc3cccc(Cl)c3)cc2-c2cccc(F)c2)cc1. The van der Waals surface area contributed by atoms with Crippen molar-refractivity contribution in [2.24, 2.45) is 0 Å². The van der Waals surface area contributed by atoms with Gasteiger partial charge in [-0.1, -0.05) is 35.9 Å². The Balaban J connectivity index is 1.52. The highest BCUT2D eigenvalue weighted by atomic mass is 35.5. The molecule has 1 aromatic heterocycles. The molecular weight excluding hydrogens is 439 g/mol. The van der Waals surface area contributed by atoms with Crippen molar-refractivity contribution in [2.75, 3.05) is 0 Å². The summed E-state index contributed by atoms with van der Waals surface area (Å²) in [5, 5.41) is 17.2. The van der Waals surface area contributed by atoms with Crippen LogP contribution >= 0.6 is 11.6 Å². The van der Waals surface area contributed by atoms with Gasteiger partial charge in [-0.2, -0.15) is 10.4 Å². The lowest BCUT2D eigenvalue weighted by Gasteiger charge is -2.08. The van der Waals surface area contributed by atoms with Crippen LogP contribution in [0.5, 0.6) is 0 Å². The van der Waals surface area contributed by atoms with Gasteiger partial charge >= 0.3 is 0 Å². The smallest absolute Gasteiger partial charge is 0.220 e. The van der Waals surface area contributed by atoms with E-state index in [2.05, 4.69) is 16.5 Å². The van der Waals surface area contributed by atoms with Crippen LogP contribution in [0.2, 0.25) is 5.02 Å². The summed E-state index contributed by atoms with van der Waals surface area (Å²) < 4.78 is 15.6. The standard InChI is InChI=1S/C26H20ClFN4O/c27-21-5-1-3-19(13-21)17-30-26(33)12-9-23-15-25(20-4-2-6-22(28)14-20)32(31-23)24-10-7-18(16-29)8-11-24/h1-8,10-11,13-15H,9,12,17H2,(H,30,33). The number of carbonyl (C=O) groups excluding carboxylic acids is 1. The van der Waals surface area contributed by atoms with Crippen LogP contribution in [0.25, 0.3) is 16.9 Å². The number of nitrogens with zero attached hydrogens (tertiary/aromatic N) is 3. The van der Waals surface area contributed by atoms with Gasteiger partial charge in [0.25, 0.3) is 0 Å². The fraction of sp³-hybridized carbons (Fsp3) is 0.115. The third-order valence-electron chi connectivity index (χ3n) is 5.11. The zero-order valence-electron chi connectivity index (χ0n) is 17.6. The molecule has 4 aromatic rings. The van der Waals surface area contributed by atoms with E-state index in [-0.39, 0.29) is 18.1 Å². The van der Waals surface area contributed by atoms with Crippen molar-refractivity contribution in [3.8, 4) is 23.0 Å². The number of nitriles is 1. The van der Waals surface area contributed by atoms with Gasteiger partial charge in [-0.15, -0.1) is 0 Å². The summed E-state index contributed by atoms with van der Waals surface area (Å²) in [5.41, 5.74) is 4.28. The highest BCUT2D eigenvalue weighted by molar-refractivity contribution is 6.30. The minimum atomic E-state index is -0.345. The first-order chi connectivity index (χ1) is 16.0. The molecule has 1 heterocycles. The van der Waals surface area contributed by atoms with E-state index in [1.54, 1.807) is 41.1 Å². The third kappa shape index (κ3) is 5.65. The minimum absolute atomic E-state index is 0.102. The van der Waals surface area contributed by atoms with Crippen LogP contribution in [0.4, 0.5) is 4.39 Å². The van der Waals surface area contributed by atoms with E-state index >= 15 is 0 Å². The molecule has 3 aromatic carbocycles. The molecule has 1 amide bonds. The van der Waals surface area contributed by atoms with Crippen LogP contribution in [-0.2, 0) is 17.8 Å². The molecule has 0 atom stereocenters. The first-order valence-corrected chi connectivity index (χ1v) is 10.8. The van der Waals surface area contributed by atoms with Crippen LogP contribution in [0.15, 0.2) is 78.9 Å². The molecule has 5 nitrogen and oxygen atoms in total. The highest BCUT2D eigenvalue weighted by Gasteiger charge is 2.14. The number of nitrogens with one attached hydrogen (secondary N) is 1. The Kier molecular flexibility index (Phi) is 6.82. The number of halogens is 2. The second-order valence-electron chi connectivity index (χ2n) is 7.51. The van der Waals surface area contributed by atoms with Crippen molar-refractivity contribution in [1.82, 2.24) is 15.1 Å². The predicted octanol–water partition coefficient (Wildman–Crippen LogP) is 5.45. The Morgan fingerprint density at radius 2 is 1.85 bits per heavy atom. The Morgan fingerprint density at radius 3 is 2.58 bits per heavy atom. The average molecular weight is 459 g/mol. The topological polar surface area (TPSA) is 70.7 Å². The summed E-state index contributed by atoms with van der Waals surface area (Å²) in [7, 11) is 0. The van der Waals surface area contributed by atoms with E-state index in [1.807, 2.05) is 30.3 Å². The van der Waals surface area contributed by atoms with Gasteiger partial charge in [0, 0.05) is 30.0 Å². The molecule has 0 radical (unpaired) electrons. The molecule has 164 valence electrons. The van der Waals surface area contributed by atoms with Gasteiger partial charge in [0.05, 0.1) is 28.7 Å². The van der Waals surface area contributed by atoms with Crippen LogP contribution in [0, 0.1) is 17.1 Å². The third-order valence-corrected chi connectivity index (χ3v) is 5.34. The quantitative estimate of drug-likeness (QED) is 0.400. The molecule has 7 heteroatoms. The maximum absolute atomic E-state index is 13.9. The molecule has 0 fully saturated rings. The van der Waals surface area contributed by atoms with Gasteiger partial charge in [0.15, 0.2) is 0 Å². The molecule has 0 bridgehead atoms. The van der Waals surface area contributed by atoms with E-state index < -0.39 is 0 Å². The summed E-state index contributed by atoms with van der Waals surface area (Å²) in [6.45, 7) is 0.396. The molecule has 0 aliphatic heterocycles. The van der Waals surface area contributed by atoms with Crippen LogP contribution in [-0.4, -0.2) is 15.7 Å². The Morgan fingerprint density at radius 1 is 1.06 bits per heavy atom. The Hall–Kier alpha value is -3.95. The lowest BCUT2D eigenvalue weighted by Crippen LogP contribution is -2.23. The molecule has 0 unspecified atom stereocenters. The fourth-order valence-electron chi connectivity index (χ4n) is 3.46. The van der Waals surface area contributed by atoms with E-state index in [4.69, 9.17) is 16.9 Å². The molecule has 0 spiro atoms. The van der Waals surface area contributed by atoms with Crippen molar-refractivity contribution in [3.05, 3.63) is 107 Å². The van der Waals surface area contributed by atoms with Gasteiger partial charge < -0.3 is 5.32 Å². The molecule has 1 N–H and O–H groups in total. The minimum Gasteiger partial charge on any atom is -0.352 e. The van der Waals surface area contributed by atoms with E-state index in [0.29, 0.717) is 40.5 Å². The van der Waals surface area contributed by atoms with Crippen molar-refractivity contribution in [2.45, 2.75) is 19.4 Å². The molecule has 33 heavy (non-hydrogen) atoms. The summed E-state index contributed by atoms with van der Waals surface area (Å²) in [6, 6.07) is 24.6. The van der Waals surface area contributed by atoms with Crippen molar-refractivity contribution in [3.63, 3.8) is 0 Å². The Labute approximate surface area is 196 Å². The monoisotopic (exact) mass is 458 g/mol. The molecule has 0 saturated heterocycles. The summed E-state index contributed by atoms with van der Waals surface area (Å²) in [4.78, 5) is 12.4. The van der Waals surface area contributed by atoms with Crippen LogP contribution < -0.4 is 5.32 Å². The van der Waals surface area contributed by atoms with E-state index in [0.717, 1.165) is 11.3 Å². The number of hydrogen-bond acceptors (Lipinski definition) is 3. The largest absolute Gasteiger partial charge is 0.352 e. The average Bonchev–Trinajstić information content (AvgIpc) is 3.26. The maximum atomic E-state index is 13.9. The Bertz CT molecular complexity index is 1320. The fourth-order valence-corrected chi connectivity index (χ4v) is 3.67. The number of carbonyl (C=O) groups is 1. The predicted molar refractivity (Wildman–Crippen MR) is 125 cm³/mol. The first-order valence-electron chi connectivity index (χ1n) is 10.4. The number of benzene rings is 3. The van der Waals surface area contributed by atoms with Gasteiger partial charge in [-0.3, -0.25) is 4.79 Å². The highest BCUT2D eigenvalue weighted by Crippen LogP contribution is 2.25. The van der Waals surface area contributed by atoms with Crippen molar-refractivity contribution >= 4 is 17.5 Å². The number of aromatic nitrogens is 2. The molecule has 0 saturated carbocycles. The van der Waals surface area contributed by atoms with E-state index in [9.17, 15) is 9.18 Å². The maximum Gasteiger partial charge on any atom is 0.220 e. The summed E-state index contributed by atoms with van der Waals surface area (Å²) in [6.07, 6.45) is 0.681. The second kappa shape index (κ2) is 10.1. The molecule has 0 aliphatic rings. The van der Waals surface area contributed by atoms with Gasteiger partial charge in [-0.05, 0) is 60.2 Å². The van der Waals surface area contributed by atoms with Crippen LogP contribution in [0.3, 0.4) is 0 Å². The summed E-state index contributed by atoms with van der Waals surface area (Å²) in [5.74, 6) is -0.447. The molecule has 0 aliphatic carbocycles. The van der Waals surface area contributed by atoms with Crippen LogP contribution in [0.1, 0.15) is 23.2 Å². The number of rotatable bonds is 7. The van der Waals surface area contributed by atoms with Gasteiger partial charge in [0.1, 0.15) is 5.82 Å². The summed E-state index contributed by atoms with van der Waals surface area (Å²) >= 11 is 5.98. The molecular formula is C26H20ClFN4O. The normalized spacial score (nSPS) is 10.6. The lowest BCUT2D eigenvalue weighted by atomic mass is 10.1. The van der Waals surface area contributed by atoms with Gasteiger partial charge in [0.2, 0.25) is 5.91 Å².